The Balaban J connectivity index is 1.64. The van der Waals surface area contributed by atoms with Crippen LogP contribution in [0.3, 0.4) is 0 Å². The first-order valence-corrected chi connectivity index (χ1v) is 9.07. The van der Waals surface area contributed by atoms with Crippen molar-refractivity contribution in [1.82, 2.24) is 5.32 Å². The molecule has 0 aliphatic carbocycles. The van der Waals surface area contributed by atoms with Crippen LogP contribution in [0.25, 0.3) is 22.3 Å². The summed E-state index contributed by atoms with van der Waals surface area (Å²) in [6, 6.07) is 16.6. The van der Waals surface area contributed by atoms with Crippen molar-refractivity contribution < 1.29 is 28.3 Å². The van der Waals surface area contributed by atoms with Gasteiger partial charge >= 0.3 is 11.9 Å². The lowest BCUT2D eigenvalue weighted by molar-refractivity contribution is -0.151. The van der Waals surface area contributed by atoms with E-state index in [1.807, 2.05) is 30.3 Å². The van der Waals surface area contributed by atoms with E-state index in [2.05, 4.69) is 10.1 Å². The average molecular weight is 395 g/mol. The van der Waals surface area contributed by atoms with Crippen molar-refractivity contribution >= 4 is 28.8 Å². The van der Waals surface area contributed by atoms with E-state index < -0.39 is 18.0 Å². The van der Waals surface area contributed by atoms with Gasteiger partial charge in [-0.1, -0.05) is 30.3 Å². The summed E-state index contributed by atoms with van der Waals surface area (Å²) in [6.07, 6.45) is -0.930. The second-order valence-electron chi connectivity index (χ2n) is 6.45. The van der Waals surface area contributed by atoms with Gasteiger partial charge in [-0.3, -0.25) is 14.4 Å². The first-order valence-electron chi connectivity index (χ1n) is 9.07. The van der Waals surface area contributed by atoms with Gasteiger partial charge in [0, 0.05) is 23.4 Å². The van der Waals surface area contributed by atoms with Gasteiger partial charge in [-0.25, -0.2) is 0 Å². The minimum Gasteiger partial charge on any atom is -0.469 e. The number of carbonyl (C=O) groups excluding carboxylic acids is 3. The summed E-state index contributed by atoms with van der Waals surface area (Å²) in [5.41, 5.74) is 2.08. The monoisotopic (exact) mass is 395 g/mol. The van der Waals surface area contributed by atoms with Crippen molar-refractivity contribution in [3.63, 3.8) is 0 Å². The maximum atomic E-state index is 12.4. The quantitative estimate of drug-likeness (QED) is 0.617. The molecular weight excluding hydrogens is 374 g/mol. The molecule has 1 aromatic heterocycles. The van der Waals surface area contributed by atoms with Crippen molar-refractivity contribution in [2.45, 2.75) is 19.4 Å². The van der Waals surface area contributed by atoms with Gasteiger partial charge in [0.2, 0.25) is 0 Å². The van der Waals surface area contributed by atoms with Gasteiger partial charge in [-0.05, 0) is 24.3 Å². The number of nitrogens with one attached hydrogen (secondary N) is 1. The molecule has 0 radical (unpaired) electrons. The maximum Gasteiger partial charge on any atom is 0.309 e. The third kappa shape index (κ3) is 5.22. The number of ether oxygens (including phenoxy) is 2. The molecule has 1 N–H and O–H groups in total. The second-order valence-corrected chi connectivity index (χ2v) is 6.45. The van der Waals surface area contributed by atoms with Gasteiger partial charge in [-0.2, -0.15) is 0 Å². The number of furan rings is 1. The number of esters is 2. The Kier molecular flexibility index (Phi) is 6.29. The minimum atomic E-state index is -0.793. The molecule has 1 heterocycles. The van der Waals surface area contributed by atoms with E-state index in [4.69, 9.17) is 9.15 Å². The topological polar surface area (TPSA) is 94.8 Å². The van der Waals surface area contributed by atoms with Crippen LogP contribution in [0.2, 0.25) is 0 Å². The molecule has 0 aliphatic rings. The molecule has 0 spiro atoms. The van der Waals surface area contributed by atoms with Gasteiger partial charge < -0.3 is 19.2 Å². The van der Waals surface area contributed by atoms with Gasteiger partial charge in [0.25, 0.3) is 5.91 Å². The summed E-state index contributed by atoms with van der Waals surface area (Å²) in [6.45, 7) is 1.24. The Morgan fingerprint density at radius 3 is 2.45 bits per heavy atom. The van der Waals surface area contributed by atoms with Crippen LogP contribution in [-0.2, 0) is 19.1 Å². The predicted octanol–water partition coefficient (Wildman–Crippen LogP) is 3.32. The molecule has 1 amide bonds. The Hall–Kier alpha value is -3.61. The third-order valence-corrected chi connectivity index (χ3v) is 4.30. The van der Waals surface area contributed by atoms with Crippen LogP contribution in [0.5, 0.6) is 0 Å². The Morgan fingerprint density at radius 1 is 1.07 bits per heavy atom. The van der Waals surface area contributed by atoms with Crippen molar-refractivity contribution in [1.29, 1.82) is 0 Å². The largest absolute Gasteiger partial charge is 0.469 e. The number of para-hydroxylation sites is 1. The van der Waals surface area contributed by atoms with Gasteiger partial charge in [0.15, 0.2) is 0 Å². The van der Waals surface area contributed by atoms with Crippen molar-refractivity contribution in [2.24, 2.45) is 0 Å². The average Bonchev–Trinajstić information content (AvgIpc) is 3.15. The lowest BCUT2D eigenvalue weighted by Gasteiger charge is -2.16. The van der Waals surface area contributed by atoms with E-state index in [1.54, 1.807) is 24.3 Å². The molecule has 2 aromatic carbocycles. The summed E-state index contributed by atoms with van der Waals surface area (Å²) >= 11 is 0. The van der Waals surface area contributed by atoms with E-state index in [1.165, 1.54) is 14.0 Å². The molecule has 29 heavy (non-hydrogen) atoms. The number of fused-ring (bicyclic) bond motifs is 1. The Bertz CT molecular complexity index is 988. The van der Waals surface area contributed by atoms with Crippen molar-refractivity contribution in [3.05, 3.63) is 60.2 Å². The molecule has 0 fully saturated rings. The minimum absolute atomic E-state index is 0.00115. The SMILES string of the molecule is COC(=O)CC(CNC(=O)c1ccc(-c2cc3ccccc3o2)cc1)OC(C)=O. The zero-order chi connectivity index (χ0) is 20.8. The lowest BCUT2D eigenvalue weighted by atomic mass is 10.1. The number of carbonyl (C=O) groups is 3. The van der Waals surface area contributed by atoms with Crippen molar-refractivity contribution in [2.75, 3.05) is 13.7 Å². The predicted molar refractivity (Wildman–Crippen MR) is 106 cm³/mol. The van der Waals surface area contributed by atoms with Crippen LogP contribution in [0, 0.1) is 0 Å². The zero-order valence-corrected chi connectivity index (χ0v) is 16.1. The number of hydrogen-bond acceptors (Lipinski definition) is 6. The summed E-state index contributed by atoms with van der Waals surface area (Å²) in [5, 5.41) is 3.67. The van der Waals surface area contributed by atoms with E-state index in [0.717, 1.165) is 16.5 Å². The van der Waals surface area contributed by atoms with E-state index in [9.17, 15) is 14.4 Å². The van der Waals surface area contributed by atoms with E-state index in [0.29, 0.717) is 11.3 Å². The van der Waals surface area contributed by atoms with Crippen LogP contribution < -0.4 is 5.32 Å². The van der Waals surface area contributed by atoms with Gasteiger partial charge in [0.1, 0.15) is 17.4 Å². The summed E-state index contributed by atoms with van der Waals surface area (Å²) in [4.78, 5) is 35.0. The summed E-state index contributed by atoms with van der Waals surface area (Å²) in [5.74, 6) is -0.696. The molecule has 1 atom stereocenters. The Labute approximate surface area is 167 Å². The summed E-state index contributed by atoms with van der Waals surface area (Å²) in [7, 11) is 1.25. The normalized spacial score (nSPS) is 11.7. The van der Waals surface area contributed by atoms with E-state index in [-0.39, 0.29) is 18.9 Å². The Morgan fingerprint density at radius 2 is 1.79 bits per heavy atom. The fourth-order valence-corrected chi connectivity index (χ4v) is 2.88. The van der Waals surface area contributed by atoms with E-state index >= 15 is 0 Å². The highest BCUT2D eigenvalue weighted by Crippen LogP contribution is 2.27. The van der Waals surface area contributed by atoms with Crippen LogP contribution in [-0.4, -0.2) is 37.6 Å². The molecular formula is C22H21NO6. The van der Waals surface area contributed by atoms with Gasteiger partial charge in [-0.15, -0.1) is 0 Å². The fourth-order valence-electron chi connectivity index (χ4n) is 2.88. The number of rotatable bonds is 7. The first kappa shape index (κ1) is 20.1. The highest BCUT2D eigenvalue weighted by atomic mass is 16.6. The molecule has 7 nitrogen and oxygen atoms in total. The van der Waals surface area contributed by atoms with Crippen LogP contribution in [0.4, 0.5) is 0 Å². The standard InChI is InChI=1S/C22H21NO6/c1-14(24)28-18(12-21(25)27-2)13-23-22(26)16-9-7-15(8-10-16)20-11-17-5-3-4-6-19(17)29-20/h3-11,18H,12-13H2,1-2H3,(H,23,26). The third-order valence-electron chi connectivity index (χ3n) is 4.30. The molecule has 0 saturated heterocycles. The maximum absolute atomic E-state index is 12.4. The lowest BCUT2D eigenvalue weighted by Crippen LogP contribution is -2.36. The second kappa shape index (κ2) is 9.05. The first-order chi connectivity index (χ1) is 14.0. The van der Waals surface area contributed by atoms with Crippen LogP contribution in [0.15, 0.2) is 59.0 Å². The molecule has 7 heteroatoms. The molecule has 0 aliphatic heterocycles. The number of benzene rings is 2. The van der Waals surface area contributed by atoms with Gasteiger partial charge in [0.05, 0.1) is 20.1 Å². The molecule has 0 saturated carbocycles. The molecule has 150 valence electrons. The molecule has 3 aromatic rings. The zero-order valence-electron chi connectivity index (χ0n) is 16.1. The fraction of sp³-hybridized carbons (Fsp3) is 0.227. The summed E-state index contributed by atoms with van der Waals surface area (Å²) < 4.78 is 15.5. The number of amides is 1. The van der Waals surface area contributed by atoms with Crippen molar-refractivity contribution in [3.8, 4) is 11.3 Å². The molecule has 3 rings (SSSR count). The highest BCUT2D eigenvalue weighted by Gasteiger charge is 2.19. The van der Waals surface area contributed by atoms with Crippen LogP contribution >= 0.6 is 0 Å². The molecule has 0 bridgehead atoms. The number of hydrogen-bond donors (Lipinski definition) is 1. The highest BCUT2D eigenvalue weighted by molar-refractivity contribution is 5.94. The smallest absolute Gasteiger partial charge is 0.309 e. The van der Waals surface area contributed by atoms with Crippen LogP contribution in [0.1, 0.15) is 23.7 Å². The number of methoxy groups -OCH3 is 1. The molecule has 1 unspecified atom stereocenters.